The van der Waals surface area contributed by atoms with E-state index in [0.717, 1.165) is 11.1 Å². The van der Waals surface area contributed by atoms with Crippen molar-refractivity contribution in [2.45, 2.75) is 63.7 Å². The van der Waals surface area contributed by atoms with Crippen molar-refractivity contribution in [3.8, 4) is 0 Å². The number of hydrogen-bond donors (Lipinski definition) is 4. The van der Waals surface area contributed by atoms with Gasteiger partial charge in [-0.3, -0.25) is 24.0 Å². The average Bonchev–Trinajstić information content (AvgIpc) is 3.61. The summed E-state index contributed by atoms with van der Waals surface area (Å²) in [5, 5.41) is 17.7. The maximum Gasteiger partial charge on any atom is 0.327 e. The predicted molar refractivity (Wildman–Crippen MR) is 186 cm³/mol. The van der Waals surface area contributed by atoms with Crippen LogP contribution in [-0.2, 0) is 48.0 Å². The number of carboxylic acid groups (broad SMARTS) is 1. The molecule has 4 N–H and O–H groups in total. The van der Waals surface area contributed by atoms with Gasteiger partial charge in [0.1, 0.15) is 24.2 Å². The summed E-state index contributed by atoms with van der Waals surface area (Å²) in [6, 6.07) is 22.5. The van der Waals surface area contributed by atoms with Crippen molar-refractivity contribution >= 4 is 47.1 Å². The zero-order valence-corrected chi connectivity index (χ0v) is 28.4. The molecule has 0 spiro atoms. The van der Waals surface area contributed by atoms with Gasteiger partial charge in [0.2, 0.25) is 23.5 Å². The fourth-order valence-electron chi connectivity index (χ4n) is 5.51. The van der Waals surface area contributed by atoms with Crippen LogP contribution in [0.1, 0.15) is 37.0 Å². The van der Waals surface area contributed by atoms with Gasteiger partial charge in [-0.05, 0) is 22.6 Å². The zero-order valence-electron chi connectivity index (χ0n) is 27.5. The van der Waals surface area contributed by atoms with E-state index in [0.29, 0.717) is 12.0 Å². The lowest BCUT2D eigenvalue weighted by Gasteiger charge is -2.30. The number of rotatable bonds is 16. The first kappa shape index (κ1) is 36.9. The number of carboxylic acids is 1. The van der Waals surface area contributed by atoms with Crippen molar-refractivity contribution in [3.63, 3.8) is 0 Å². The molecule has 1 heterocycles. The first-order valence-corrected chi connectivity index (χ1v) is 17.4. The van der Waals surface area contributed by atoms with Gasteiger partial charge in [0.25, 0.3) is 5.91 Å². The Balaban J connectivity index is 1.56. The zero-order chi connectivity index (χ0) is 35.3. The van der Waals surface area contributed by atoms with Gasteiger partial charge in [0, 0.05) is 18.6 Å². The highest BCUT2D eigenvalue weighted by molar-refractivity contribution is 7.99. The van der Waals surface area contributed by atoms with E-state index in [1.165, 1.54) is 16.7 Å². The molecule has 3 aromatic rings. The van der Waals surface area contributed by atoms with E-state index in [1.807, 2.05) is 55.5 Å². The minimum atomic E-state index is -1.33. The lowest BCUT2D eigenvalue weighted by atomic mass is 9.96. The lowest BCUT2D eigenvalue weighted by molar-refractivity contribution is -0.150. The molecule has 0 saturated carbocycles. The van der Waals surface area contributed by atoms with Crippen molar-refractivity contribution in [1.82, 2.24) is 20.9 Å². The molecule has 3 aromatic carbocycles. The van der Waals surface area contributed by atoms with E-state index in [9.17, 15) is 33.9 Å². The van der Waals surface area contributed by atoms with Crippen LogP contribution >= 0.6 is 11.8 Å². The summed E-state index contributed by atoms with van der Waals surface area (Å²) in [5.74, 6) is -4.86. The number of amides is 4. The summed E-state index contributed by atoms with van der Waals surface area (Å²) in [4.78, 5) is 81.0. The maximum atomic E-state index is 13.9. The van der Waals surface area contributed by atoms with Crippen molar-refractivity contribution in [3.05, 3.63) is 108 Å². The fourth-order valence-corrected chi connectivity index (χ4v) is 6.67. The summed E-state index contributed by atoms with van der Waals surface area (Å²) in [7, 11) is 0. The molecule has 1 fully saturated rings. The third kappa shape index (κ3) is 10.5. The Morgan fingerprint density at radius 2 is 1.31 bits per heavy atom. The van der Waals surface area contributed by atoms with Crippen molar-refractivity contribution < 1.29 is 33.9 Å². The van der Waals surface area contributed by atoms with Gasteiger partial charge in [0.15, 0.2) is 0 Å². The monoisotopic (exact) mass is 686 g/mol. The van der Waals surface area contributed by atoms with Crippen LogP contribution < -0.4 is 16.0 Å². The minimum absolute atomic E-state index is 0.0271. The minimum Gasteiger partial charge on any atom is -0.480 e. The second-order valence-corrected chi connectivity index (χ2v) is 13.1. The second-order valence-electron chi connectivity index (χ2n) is 12.1. The standard InChI is InChI=1S/C37H42N4O7S/c1-3-24(2)32(36(46)41-23-49-22-30(41)37(47)48)40-35(45)33(43)28(19-25-13-7-4-8-14-25)39-34(44)29(20-26-15-9-5-10-16-26)38-31(42)21-27-17-11-6-12-18-27/h4-18,24,28-30,32H,3,19-23H2,1-2H3,(H,38,42)(H,39,44)(H,40,45)(H,47,48)/t24-,28?,29-,30-,32-/m0/s1. The first-order chi connectivity index (χ1) is 23.6. The number of nitrogens with one attached hydrogen (secondary N) is 3. The molecule has 4 rings (SSSR count). The molecule has 0 bridgehead atoms. The van der Waals surface area contributed by atoms with Crippen LogP contribution in [0.2, 0.25) is 0 Å². The molecule has 1 aliphatic heterocycles. The van der Waals surface area contributed by atoms with Crippen LogP contribution in [0.15, 0.2) is 91.0 Å². The molecule has 49 heavy (non-hydrogen) atoms. The van der Waals surface area contributed by atoms with Gasteiger partial charge in [-0.25, -0.2) is 4.79 Å². The quantitative estimate of drug-likeness (QED) is 0.167. The maximum absolute atomic E-state index is 13.9. The molecule has 0 aliphatic carbocycles. The lowest BCUT2D eigenvalue weighted by Crippen LogP contribution is -2.59. The molecular weight excluding hydrogens is 644 g/mol. The Hall–Kier alpha value is -4.97. The number of nitrogens with zero attached hydrogens (tertiary/aromatic N) is 1. The van der Waals surface area contributed by atoms with E-state index >= 15 is 0 Å². The van der Waals surface area contributed by atoms with E-state index in [1.54, 1.807) is 49.4 Å². The summed E-state index contributed by atoms with van der Waals surface area (Å²) in [6.45, 7) is 3.56. The molecule has 258 valence electrons. The van der Waals surface area contributed by atoms with Gasteiger partial charge in [-0.1, -0.05) is 111 Å². The molecule has 1 unspecified atom stereocenters. The van der Waals surface area contributed by atoms with Crippen molar-refractivity contribution in [1.29, 1.82) is 0 Å². The Kier molecular flexibility index (Phi) is 13.5. The Morgan fingerprint density at radius 1 is 0.776 bits per heavy atom. The van der Waals surface area contributed by atoms with E-state index in [-0.39, 0.29) is 36.8 Å². The Labute approximate surface area is 290 Å². The summed E-state index contributed by atoms with van der Waals surface area (Å²) in [6.07, 6.45) is 0.616. The van der Waals surface area contributed by atoms with E-state index in [4.69, 9.17) is 0 Å². The highest BCUT2D eigenvalue weighted by Gasteiger charge is 2.41. The predicted octanol–water partition coefficient (Wildman–Crippen LogP) is 2.77. The van der Waals surface area contributed by atoms with Crippen molar-refractivity contribution in [2.24, 2.45) is 5.92 Å². The summed E-state index contributed by atoms with van der Waals surface area (Å²) in [5.41, 5.74) is 2.22. The van der Waals surface area contributed by atoms with E-state index < -0.39 is 59.6 Å². The van der Waals surface area contributed by atoms with Gasteiger partial charge >= 0.3 is 5.97 Å². The average molecular weight is 687 g/mol. The Morgan fingerprint density at radius 3 is 1.84 bits per heavy atom. The number of hydrogen-bond acceptors (Lipinski definition) is 7. The Bertz CT molecular complexity index is 1610. The van der Waals surface area contributed by atoms with Crippen LogP contribution in [0.5, 0.6) is 0 Å². The van der Waals surface area contributed by atoms with Crippen LogP contribution in [-0.4, -0.2) is 81.2 Å². The molecule has 12 heteroatoms. The van der Waals surface area contributed by atoms with Gasteiger partial charge in [-0.15, -0.1) is 11.8 Å². The molecule has 5 atom stereocenters. The smallest absolute Gasteiger partial charge is 0.327 e. The number of carbonyl (C=O) groups excluding carboxylic acids is 5. The van der Waals surface area contributed by atoms with Gasteiger partial charge < -0.3 is 26.0 Å². The summed E-state index contributed by atoms with van der Waals surface area (Å²) < 4.78 is 0. The second kappa shape index (κ2) is 18.0. The van der Waals surface area contributed by atoms with Crippen LogP contribution in [0.25, 0.3) is 0 Å². The van der Waals surface area contributed by atoms with Crippen LogP contribution in [0.3, 0.4) is 0 Å². The normalized spacial score (nSPS) is 16.4. The molecule has 1 aliphatic rings. The molecule has 0 radical (unpaired) electrons. The molecular formula is C37H42N4O7S. The fraction of sp³-hybridized carbons (Fsp3) is 0.351. The highest BCUT2D eigenvalue weighted by atomic mass is 32.2. The first-order valence-electron chi connectivity index (χ1n) is 16.2. The van der Waals surface area contributed by atoms with Crippen LogP contribution in [0.4, 0.5) is 0 Å². The topological polar surface area (TPSA) is 162 Å². The van der Waals surface area contributed by atoms with E-state index in [2.05, 4.69) is 16.0 Å². The van der Waals surface area contributed by atoms with Gasteiger partial charge in [-0.2, -0.15) is 0 Å². The number of Topliss-reactive ketones (excluding diaryl/α,β-unsaturated/α-hetero) is 1. The number of ketones is 1. The third-order valence-corrected chi connectivity index (χ3v) is 9.51. The van der Waals surface area contributed by atoms with Crippen LogP contribution in [0, 0.1) is 5.92 Å². The largest absolute Gasteiger partial charge is 0.480 e. The highest BCUT2D eigenvalue weighted by Crippen LogP contribution is 2.24. The molecule has 0 aromatic heterocycles. The third-order valence-electron chi connectivity index (χ3n) is 8.50. The van der Waals surface area contributed by atoms with Crippen molar-refractivity contribution in [2.75, 3.05) is 11.6 Å². The SMILES string of the molecule is CC[C@H](C)[C@H](NC(=O)C(=O)C(Cc1ccccc1)NC(=O)[C@H](Cc1ccccc1)NC(=O)Cc1ccccc1)C(=O)N1CSC[C@H]1C(=O)O. The number of thioether (sulfide) groups is 1. The summed E-state index contributed by atoms with van der Waals surface area (Å²) >= 11 is 1.30. The molecule has 11 nitrogen and oxygen atoms in total. The number of aliphatic carboxylic acids is 1. The van der Waals surface area contributed by atoms with Gasteiger partial charge in [0.05, 0.1) is 12.3 Å². The number of benzene rings is 3. The molecule has 1 saturated heterocycles. The molecule has 4 amide bonds. The number of carbonyl (C=O) groups is 6.